The van der Waals surface area contributed by atoms with Crippen LogP contribution in [0.3, 0.4) is 0 Å². The summed E-state index contributed by atoms with van der Waals surface area (Å²) in [5.74, 6) is 2.42. The van der Waals surface area contributed by atoms with Crippen molar-refractivity contribution in [3.63, 3.8) is 0 Å². The first-order valence-electron chi connectivity index (χ1n) is 9.36. The highest BCUT2D eigenvalue weighted by atomic mass is 35.5. The predicted octanol–water partition coefficient (Wildman–Crippen LogP) is 6.38. The van der Waals surface area contributed by atoms with Gasteiger partial charge in [-0.1, -0.05) is 70.9 Å². The molecule has 0 aliphatic heterocycles. The summed E-state index contributed by atoms with van der Waals surface area (Å²) in [5, 5.41) is 10.8. The summed E-state index contributed by atoms with van der Waals surface area (Å²) in [4.78, 5) is 0. The highest BCUT2D eigenvalue weighted by Gasteiger charge is 2.12. The fraction of sp³-hybridized carbons (Fsp3) is 0.273. The lowest BCUT2D eigenvalue weighted by Crippen LogP contribution is -2.07. The van der Waals surface area contributed by atoms with Crippen molar-refractivity contribution in [2.75, 3.05) is 6.61 Å². The average Bonchev–Trinajstić information content (AvgIpc) is 3.08. The first kappa shape index (κ1) is 21.8. The number of rotatable bonds is 10. The van der Waals surface area contributed by atoms with Crippen LogP contribution in [0.2, 0.25) is 10.0 Å². The summed E-state index contributed by atoms with van der Waals surface area (Å²) in [7, 11) is 0. The van der Waals surface area contributed by atoms with Gasteiger partial charge in [-0.3, -0.25) is 0 Å². The van der Waals surface area contributed by atoms with E-state index in [0.29, 0.717) is 28.9 Å². The summed E-state index contributed by atoms with van der Waals surface area (Å²) in [6, 6.07) is 13.8. The second kappa shape index (κ2) is 10.7. The Hall–Kier alpha value is -1.95. The van der Waals surface area contributed by atoms with Crippen LogP contribution in [-0.2, 0) is 18.7 Å². The molecule has 0 aliphatic carbocycles. The van der Waals surface area contributed by atoms with Gasteiger partial charge in [0.15, 0.2) is 5.16 Å². The van der Waals surface area contributed by atoms with Gasteiger partial charge in [-0.05, 0) is 37.1 Å². The van der Waals surface area contributed by atoms with Crippen LogP contribution in [0.1, 0.15) is 23.4 Å². The zero-order valence-corrected chi connectivity index (χ0v) is 18.6. The van der Waals surface area contributed by atoms with Crippen molar-refractivity contribution in [3.05, 3.63) is 82.1 Å². The minimum atomic E-state index is 0.516. The Kier molecular flexibility index (Phi) is 8.04. The molecule has 0 saturated carbocycles. The number of allylic oxidation sites excluding steroid dienone is 1. The van der Waals surface area contributed by atoms with Crippen molar-refractivity contribution in [1.29, 1.82) is 0 Å². The van der Waals surface area contributed by atoms with Crippen molar-refractivity contribution in [3.8, 4) is 5.75 Å². The van der Waals surface area contributed by atoms with Gasteiger partial charge in [-0.15, -0.1) is 16.8 Å². The minimum absolute atomic E-state index is 0.516. The highest BCUT2D eigenvalue weighted by Crippen LogP contribution is 2.28. The molecule has 0 bridgehead atoms. The molecule has 0 spiro atoms. The smallest absolute Gasteiger partial charge is 0.191 e. The van der Waals surface area contributed by atoms with Crippen molar-refractivity contribution in [2.45, 2.75) is 37.2 Å². The number of hydrogen-bond acceptors (Lipinski definition) is 4. The monoisotopic (exact) mass is 447 g/mol. The van der Waals surface area contributed by atoms with Gasteiger partial charge in [-0.25, -0.2) is 0 Å². The van der Waals surface area contributed by atoms with Crippen molar-refractivity contribution in [2.24, 2.45) is 0 Å². The molecule has 0 atom stereocenters. The summed E-state index contributed by atoms with van der Waals surface area (Å²) in [6.45, 7) is 7.17. The molecule has 0 saturated heterocycles. The van der Waals surface area contributed by atoms with Gasteiger partial charge in [-0.2, -0.15) is 0 Å². The molecule has 29 heavy (non-hydrogen) atoms. The lowest BCUT2D eigenvalue weighted by molar-refractivity contribution is 0.309. The van der Waals surface area contributed by atoms with Crippen LogP contribution in [0.4, 0.5) is 0 Å². The molecule has 0 amide bonds. The number of halogens is 2. The molecule has 4 nitrogen and oxygen atoms in total. The van der Waals surface area contributed by atoms with Crippen LogP contribution in [0.25, 0.3) is 0 Å². The lowest BCUT2D eigenvalue weighted by Gasteiger charge is -2.10. The van der Waals surface area contributed by atoms with Gasteiger partial charge < -0.3 is 9.30 Å². The van der Waals surface area contributed by atoms with E-state index < -0.39 is 0 Å². The van der Waals surface area contributed by atoms with E-state index in [4.69, 9.17) is 27.9 Å². The number of aromatic nitrogens is 3. The van der Waals surface area contributed by atoms with E-state index >= 15 is 0 Å². The fourth-order valence-electron chi connectivity index (χ4n) is 2.76. The second-order valence-electron chi connectivity index (χ2n) is 6.60. The Bertz CT molecular complexity index is 957. The van der Waals surface area contributed by atoms with Crippen molar-refractivity contribution < 1.29 is 4.74 Å². The number of benzene rings is 2. The third-order valence-corrected chi connectivity index (χ3v) is 5.86. The number of aryl methyl sites for hydroxylation is 2. The Morgan fingerprint density at radius 3 is 2.66 bits per heavy atom. The minimum Gasteiger partial charge on any atom is -0.492 e. The van der Waals surface area contributed by atoms with Gasteiger partial charge >= 0.3 is 0 Å². The van der Waals surface area contributed by atoms with Crippen molar-refractivity contribution >= 4 is 35.0 Å². The standard InChI is InChI=1S/C22H23Cl2N3OS/c1-3-12-27-21(5-4-13-28-20-11-10-18(23)14-19(20)24)25-26-22(27)29-15-17-8-6-16(2)7-9-17/h3,6-11,14H,1,4-5,12-13,15H2,2H3. The van der Waals surface area contributed by atoms with Crippen LogP contribution in [-0.4, -0.2) is 21.4 Å². The van der Waals surface area contributed by atoms with Gasteiger partial charge in [0.05, 0.1) is 11.6 Å². The second-order valence-corrected chi connectivity index (χ2v) is 8.39. The molecule has 7 heteroatoms. The highest BCUT2D eigenvalue weighted by molar-refractivity contribution is 7.98. The first-order chi connectivity index (χ1) is 14.1. The maximum Gasteiger partial charge on any atom is 0.191 e. The molecule has 3 aromatic rings. The topological polar surface area (TPSA) is 39.9 Å². The third kappa shape index (κ3) is 6.26. The van der Waals surface area contributed by atoms with Gasteiger partial charge in [0.2, 0.25) is 0 Å². The Balaban J connectivity index is 1.56. The average molecular weight is 448 g/mol. The molecular formula is C22H23Cl2N3OS. The lowest BCUT2D eigenvalue weighted by atomic mass is 10.2. The van der Waals surface area contributed by atoms with E-state index in [2.05, 4.69) is 52.5 Å². The van der Waals surface area contributed by atoms with Crippen LogP contribution < -0.4 is 4.74 Å². The van der Waals surface area contributed by atoms with Gasteiger partial charge in [0, 0.05) is 23.7 Å². The summed E-state index contributed by atoms with van der Waals surface area (Å²) in [5.41, 5.74) is 2.53. The third-order valence-electron chi connectivity index (χ3n) is 4.29. The van der Waals surface area contributed by atoms with Crippen LogP contribution >= 0.6 is 35.0 Å². The molecule has 0 aliphatic rings. The Morgan fingerprint density at radius 2 is 1.93 bits per heavy atom. The first-order valence-corrected chi connectivity index (χ1v) is 11.1. The maximum absolute atomic E-state index is 6.14. The number of ether oxygens (including phenoxy) is 1. The molecule has 0 unspecified atom stereocenters. The van der Waals surface area contributed by atoms with E-state index in [9.17, 15) is 0 Å². The van der Waals surface area contributed by atoms with Crippen LogP contribution in [0.5, 0.6) is 5.75 Å². The summed E-state index contributed by atoms with van der Waals surface area (Å²) in [6.07, 6.45) is 3.43. The molecule has 0 N–H and O–H groups in total. The van der Waals surface area contributed by atoms with Gasteiger partial charge in [0.1, 0.15) is 11.6 Å². The number of hydrogen-bond donors (Lipinski definition) is 0. The summed E-state index contributed by atoms with van der Waals surface area (Å²) >= 11 is 13.7. The van der Waals surface area contributed by atoms with E-state index in [1.807, 2.05) is 6.08 Å². The normalized spacial score (nSPS) is 10.9. The quantitative estimate of drug-likeness (QED) is 0.205. The van der Waals surface area contributed by atoms with Crippen molar-refractivity contribution in [1.82, 2.24) is 14.8 Å². The molecule has 152 valence electrons. The van der Waals surface area contributed by atoms with Crippen LogP contribution in [0.15, 0.2) is 60.3 Å². The predicted molar refractivity (Wildman–Crippen MR) is 121 cm³/mol. The zero-order chi connectivity index (χ0) is 20.6. The van der Waals surface area contributed by atoms with E-state index in [1.54, 1.807) is 30.0 Å². The fourth-order valence-corrected chi connectivity index (χ4v) is 4.15. The molecular weight excluding hydrogens is 425 g/mol. The SMILES string of the molecule is C=CCn1c(CCCOc2ccc(Cl)cc2Cl)nnc1SCc1ccc(C)cc1. The Morgan fingerprint density at radius 1 is 1.14 bits per heavy atom. The molecule has 0 fully saturated rings. The molecule has 2 aromatic carbocycles. The molecule has 0 radical (unpaired) electrons. The molecule has 3 rings (SSSR count). The largest absolute Gasteiger partial charge is 0.492 e. The number of nitrogens with zero attached hydrogens (tertiary/aromatic N) is 3. The van der Waals surface area contributed by atoms with Gasteiger partial charge in [0.25, 0.3) is 0 Å². The van der Waals surface area contributed by atoms with E-state index in [1.165, 1.54) is 11.1 Å². The maximum atomic E-state index is 6.14. The zero-order valence-electron chi connectivity index (χ0n) is 16.3. The molecule has 1 aromatic heterocycles. The van der Waals surface area contributed by atoms with E-state index in [-0.39, 0.29) is 0 Å². The molecule has 1 heterocycles. The summed E-state index contributed by atoms with van der Waals surface area (Å²) < 4.78 is 7.87. The van der Waals surface area contributed by atoms with Crippen LogP contribution in [0, 0.1) is 6.92 Å². The Labute approximate surface area is 185 Å². The van der Waals surface area contributed by atoms with E-state index in [0.717, 1.165) is 29.6 Å². The number of thioether (sulfide) groups is 1.